The van der Waals surface area contributed by atoms with Gasteiger partial charge in [0.2, 0.25) is 0 Å². The minimum absolute atomic E-state index is 0.171. The molecule has 0 aliphatic carbocycles. The molecule has 3 heteroatoms. The Morgan fingerprint density at radius 2 is 2.00 bits per heavy atom. The normalized spacial score (nSPS) is 22.2. The molecule has 0 radical (unpaired) electrons. The average molecular weight is 195 g/mol. The first-order valence-corrected chi connectivity index (χ1v) is 5.51. The summed E-state index contributed by atoms with van der Waals surface area (Å²) in [4.78, 5) is 2.37. The Morgan fingerprint density at radius 3 is 2.43 bits per heavy atom. The van der Waals surface area contributed by atoms with Crippen LogP contribution in [0.1, 0.15) is 26.7 Å². The summed E-state index contributed by atoms with van der Waals surface area (Å²) in [5, 5.41) is 8.98. The van der Waals surface area contributed by atoms with Crippen LogP contribution in [0.2, 0.25) is 0 Å². The van der Waals surface area contributed by atoms with Crippen molar-refractivity contribution in [1.82, 2.24) is 4.90 Å². The molecule has 0 amide bonds. The highest BCUT2D eigenvalue weighted by molar-refractivity contribution is 4.88. The molecule has 80 valence electrons. The Hall–Kier alpha value is -0.590. The molecule has 1 heterocycles. The monoisotopic (exact) mass is 195 g/mol. The third kappa shape index (κ3) is 3.28. The summed E-state index contributed by atoms with van der Waals surface area (Å²) in [5.74, 6) is 0.625. The SMILES string of the molecule is CC(C)C(C#N)CN1CCC(N)CC1. The molecule has 1 unspecified atom stereocenters. The molecule has 1 atom stereocenters. The van der Waals surface area contributed by atoms with Crippen LogP contribution in [0.4, 0.5) is 0 Å². The minimum atomic E-state index is 0.171. The Bertz CT molecular complexity index is 199. The average Bonchev–Trinajstić information content (AvgIpc) is 2.16. The lowest BCUT2D eigenvalue weighted by Crippen LogP contribution is -2.42. The molecular formula is C11H21N3. The fraction of sp³-hybridized carbons (Fsp3) is 0.909. The van der Waals surface area contributed by atoms with Crippen LogP contribution in [0.25, 0.3) is 0 Å². The number of nitriles is 1. The van der Waals surface area contributed by atoms with Crippen LogP contribution in [-0.2, 0) is 0 Å². The minimum Gasteiger partial charge on any atom is -0.328 e. The third-order valence-electron chi connectivity index (χ3n) is 3.06. The molecule has 0 spiro atoms. The van der Waals surface area contributed by atoms with E-state index in [0.717, 1.165) is 32.5 Å². The molecule has 1 rings (SSSR count). The van der Waals surface area contributed by atoms with Crippen LogP contribution in [0.3, 0.4) is 0 Å². The molecule has 1 fully saturated rings. The van der Waals surface area contributed by atoms with E-state index in [2.05, 4.69) is 24.8 Å². The molecule has 0 aromatic carbocycles. The Balaban J connectivity index is 2.33. The van der Waals surface area contributed by atoms with Crippen LogP contribution in [0.15, 0.2) is 0 Å². The van der Waals surface area contributed by atoms with Gasteiger partial charge < -0.3 is 10.6 Å². The van der Waals surface area contributed by atoms with Gasteiger partial charge in [0.1, 0.15) is 0 Å². The molecule has 1 aliphatic heterocycles. The lowest BCUT2D eigenvalue weighted by Gasteiger charge is -2.32. The lowest BCUT2D eigenvalue weighted by atomic mass is 9.95. The van der Waals surface area contributed by atoms with E-state index in [4.69, 9.17) is 11.0 Å². The predicted molar refractivity (Wildman–Crippen MR) is 57.6 cm³/mol. The van der Waals surface area contributed by atoms with E-state index in [9.17, 15) is 0 Å². The van der Waals surface area contributed by atoms with Gasteiger partial charge in [0.15, 0.2) is 0 Å². The van der Waals surface area contributed by atoms with Crippen LogP contribution in [0.5, 0.6) is 0 Å². The topological polar surface area (TPSA) is 53.0 Å². The largest absolute Gasteiger partial charge is 0.328 e. The quantitative estimate of drug-likeness (QED) is 0.736. The summed E-state index contributed by atoms with van der Waals surface area (Å²) >= 11 is 0. The standard InChI is InChI=1S/C11H21N3/c1-9(2)10(7-12)8-14-5-3-11(13)4-6-14/h9-11H,3-6,8,13H2,1-2H3. The van der Waals surface area contributed by atoms with Gasteiger partial charge in [-0.3, -0.25) is 0 Å². The van der Waals surface area contributed by atoms with E-state index < -0.39 is 0 Å². The van der Waals surface area contributed by atoms with Crippen LogP contribution >= 0.6 is 0 Å². The number of nitrogens with zero attached hydrogens (tertiary/aromatic N) is 2. The number of hydrogen-bond acceptors (Lipinski definition) is 3. The fourth-order valence-corrected chi connectivity index (χ4v) is 1.81. The van der Waals surface area contributed by atoms with Crippen molar-refractivity contribution in [3.8, 4) is 6.07 Å². The highest BCUT2D eigenvalue weighted by Gasteiger charge is 2.20. The molecule has 0 aromatic rings. The molecule has 0 saturated carbocycles. The smallest absolute Gasteiger partial charge is 0.0672 e. The van der Waals surface area contributed by atoms with Crippen molar-refractivity contribution in [3.63, 3.8) is 0 Å². The maximum atomic E-state index is 8.98. The third-order valence-corrected chi connectivity index (χ3v) is 3.06. The predicted octanol–water partition coefficient (Wildman–Crippen LogP) is 1.21. The van der Waals surface area contributed by atoms with Crippen molar-refractivity contribution in [1.29, 1.82) is 5.26 Å². The van der Waals surface area contributed by atoms with Crippen molar-refractivity contribution >= 4 is 0 Å². The number of piperidine rings is 1. The van der Waals surface area contributed by atoms with Gasteiger partial charge in [-0.25, -0.2) is 0 Å². The molecule has 0 aromatic heterocycles. The van der Waals surface area contributed by atoms with Gasteiger partial charge in [-0.15, -0.1) is 0 Å². The van der Waals surface area contributed by atoms with Crippen molar-refractivity contribution in [2.75, 3.05) is 19.6 Å². The van der Waals surface area contributed by atoms with Crippen molar-refractivity contribution in [2.45, 2.75) is 32.7 Å². The van der Waals surface area contributed by atoms with E-state index >= 15 is 0 Å². The van der Waals surface area contributed by atoms with Crippen LogP contribution < -0.4 is 5.73 Å². The Kier molecular flexibility index (Phi) is 4.37. The molecule has 0 bridgehead atoms. The highest BCUT2D eigenvalue weighted by atomic mass is 15.1. The second kappa shape index (κ2) is 5.33. The second-order valence-corrected chi connectivity index (χ2v) is 4.62. The van der Waals surface area contributed by atoms with E-state index in [0.29, 0.717) is 12.0 Å². The number of rotatable bonds is 3. The van der Waals surface area contributed by atoms with Gasteiger partial charge in [-0.1, -0.05) is 13.8 Å². The summed E-state index contributed by atoms with van der Waals surface area (Å²) in [7, 11) is 0. The first-order valence-electron chi connectivity index (χ1n) is 5.51. The Morgan fingerprint density at radius 1 is 1.43 bits per heavy atom. The van der Waals surface area contributed by atoms with E-state index in [-0.39, 0.29) is 5.92 Å². The van der Waals surface area contributed by atoms with Crippen molar-refractivity contribution < 1.29 is 0 Å². The Labute approximate surface area is 86.9 Å². The van der Waals surface area contributed by atoms with E-state index in [1.807, 2.05) is 0 Å². The summed E-state index contributed by atoms with van der Waals surface area (Å²) in [6, 6.07) is 2.77. The summed E-state index contributed by atoms with van der Waals surface area (Å²) in [6.45, 7) is 7.27. The van der Waals surface area contributed by atoms with E-state index in [1.54, 1.807) is 0 Å². The summed E-state index contributed by atoms with van der Waals surface area (Å²) < 4.78 is 0. The second-order valence-electron chi connectivity index (χ2n) is 4.62. The van der Waals surface area contributed by atoms with Crippen molar-refractivity contribution in [2.24, 2.45) is 17.6 Å². The fourth-order valence-electron chi connectivity index (χ4n) is 1.81. The zero-order valence-corrected chi connectivity index (χ0v) is 9.24. The van der Waals surface area contributed by atoms with Crippen LogP contribution in [0, 0.1) is 23.2 Å². The molecule has 2 N–H and O–H groups in total. The van der Waals surface area contributed by atoms with Gasteiger partial charge in [0.05, 0.1) is 12.0 Å². The summed E-state index contributed by atoms with van der Waals surface area (Å²) in [6.07, 6.45) is 2.16. The van der Waals surface area contributed by atoms with Gasteiger partial charge in [0.25, 0.3) is 0 Å². The number of likely N-dealkylation sites (tertiary alicyclic amines) is 1. The van der Waals surface area contributed by atoms with Gasteiger partial charge in [-0.05, 0) is 31.8 Å². The highest BCUT2D eigenvalue weighted by Crippen LogP contribution is 2.15. The summed E-state index contributed by atoms with van der Waals surface area (Å²) in [5.41, 5.74) is 5.83. The number of hydrogen-bond donors (Lipinski definition) is 1. The molecule has 1 saturated heterocycles. The van der Waals surface area contributed by atoms with Gasteiger partial charge >= 0.3 is 0 Å². The molecule has 14 heavy (non-hydrogen) atoms. The zero-order valence-electron chi connectivity index (χ0n) is 9.24. The first kappa shape index (κ1) is 11.5. The number of nitrogens with two attached hydrogens (primary N) is 1. The molecular weight excluding hydrogens is 174 g/mol. The lowest BCUT2D eigenvalue weighted by molar-refractivity contribution is 0.183. The molecule has 1 aliphatic rings. The molecule has 3 nitrogen and oxygen atoms in total. The first-order chi connectivity index (χ1) is 6.63. The zero-order chi connectivity index (χ0) is 10.6. The maximum absolute atomic E-state index is 8.98. The van der Waals surface area contributed by atoms with Gasteiger partial charge in [0, 0.05) is 12.6 Å². The van der Waals surface area contributed by atoms with Crippen molar-refractivity contribution in [3.05, 3.63) is 0 Å². The van der Waals surface area contributed by atoms with Crippen LogP contribution in [-0.4, -0.2) is 30.6 Å². The maximum Gasteiger partial charge on any atom is 0.0672 e. The van der Waals surface area contributed by atoms with Gasteiger partial charge in [-0.2, -0.15) is 5.26 Å². The van der Waals surface area contributed by atoms with E-state index in [1.165, 1.54) is 0 Å².